The molecule has 1 atom stereocenters. The molecule has 0 aromatic rings. The fraction of sp³-hybridized carbons (Fsp3) is 0.929. The average molecular weight is 341 g/mol. The molecule has 0 aromatic heterocycles. The molecule has 7 heteroatoms. The van der Waals surface area contributed by atoms with E-state index in [-0.39, 0.29) is 30.1 Å². The van der Waals surface area contributed by atoms with Gasteiger partial charge in [0, 0.05) is 12.6 Å². The van der Waals surface area contributed by atoms with E-state index in [9.17, 15) is 13.2 Å². The zero-order valence-electron chi connectivity index (χ0n) is 13.0. The monoisotopic (exact) mass is 340 g/mol. The second-order valence-electron chi connectivity index (χ2n) is 6.26. The summed E-state index contributed by atoms with van der Waals surface area (Å²) in [6, 6.07) is -0.0861. The number of carbonyl (C=O) groups is 1. The lowest BCUT2D eigenvalue weighted by Crippen LogP contribution is -2.47. The van der Waals surface area contributed by atoms with Gasteiger partial charge in [-0.05, 0) is 24.7 Å². The second-order valence-corrected chi connectivity index (χ2v) is 8.37. The SMILES string of the molecule is CC(C)CS(=O)(=O)CC(=O)NC(CN)C1CCCCC1.Cl. The molecule has 1 fully saturated rings. The highest BCUT2D eigenvalue weighted by Gasteiger charge is 2.26. The number of nitrogens with one attached hydrogen (secondary N) is 1. The lowest BCUT2D eigenvalue weighted by Gasteiger charge is -2.30. The first-order chi connectivity index (χ1) is 9.34. The van der Waals surface area contributed by atoms with Gasteiger partial charge >= 0.3 is 0 Å². The van der Waals surface area contributed by atoms with Gasteiger partial charge < -0.3 is 11.1 Å². The highest BCUT2D eigenvalue weighted by Crippen LogP contribution is 2.26. The zero-order chi connectivity index (χ0) is 15.2. The van der Waals surface area contributed by atoms with Gasteiger partial charge in [0.15, 0.2) is 9.84 Å². The molecule has 1 aliphatic rings. The number of amides is 1. The summed E-state index contributed by atoms with van der Waals surface area (Å²) in [5.74, 6) is -0.348. The molecular formula is C14H29ClN2O3S. The van der Waals surface area contributed by atoms with Gasteiger partial charge in [-0.2, -0.15) is 0 Å². The Bertz CT molecular complexity index is 406. The molecule has 0 bridgehead atoms. The molecule has 3 N–H and O–H groups in total. The van der Waals surface area contributed by atoms with E-state index in [0.717, 1.165) is 12.8 Å². The molecule has 0 heterocycles. The average Bonchev–Trinajstić information content (AvgIpc) is 2.34. The van der Waals surface area contributed by atoms with Crippen LogP contribution in [-0.2, 0) is 14.6 Å². The normalized spacial score (nSPS) is 18.1. The molecule has 0 saturated heterocycles. The van der Waals surface area contributed by atoms with Crippen molar-refractivity contribution >= 4 is 28.2 Å². The molecule has 126 valence electrons. The first-order valence-electron chi connectivity index (χ1n) is 7.54. The van der Waals surface area contributed by atoms with Crippen molar-refractivity contribution in [3.8, 4) is 0 Å². The van der Waals surface area contributed by atoms with Crippen LogP contribution in [0.3, 0.4) is 0 Å². The van der Waals surface area contributed by atoms with Gasteiger partial charge in [-0.15, -0.1) is 12.4 Å². The van der Waals surface area contributed by atoms with Crippen LogP contribution >= 0.6 is 12.4 Å². The molecule has 1 saturated carbocycles. The Morgan fingerprint density at radius 3 is 2.29 bits per heavy atom. The molecule has 1 aliphatic carbocycles. The molecule has 0 radical (unpaired) electrons. The van der Waals surface area contributed by atoms with Crippen LogP contribution in [0.5, 0.6) is 0 Å². The van der Waals surface area contributed by atoms with Gasteiger partial charge in [0.05, 0.1) is 5.75 Å². The summed E-state index contributed by atoms with van der Waals surface area (Å²) in [4.78, 5) is 11.9. The maximum atomic E-state index is 11.9. The first-order valence-corrected chi connectivity index (χ1v) is 9.36. The molecule has 1 amide bonds. The van der Waals surface area contributed by atoms with Crippen LogP contribution < -0.4 is 11.1 Å². The van der Waals surface area contributed by atoms with Crippen molar-refractivity contribution in [2.75, 3.05) is 18.1 Å². The summed E-state index contributed by atoms with van der Waals surface area (Å²) in [7, 11) is -3.32. The number of hydrogen-bond acceptors (Lipinski definition) is 4. The largest absolute Gasteiger partial charge is 0.351 e. The third-order valence-electron chi connectivity index (χ3n) is 3.76. The highest BCUT2D eigenvalue weighted by molar-refractivity contribution is 7.92. The maximum absolute atomic E-state index is 11.9. The summed E-state index contributed by atoms with van der Waals surface area (Å²) in [5, 5.41) is 2.82. The minimum atomic E-state index is -3.32. The number of hydrogen-bond donors (Lipinski definition) is 2. The van der Waals surface area contributed by atoms with E-state index >= 15 is 0 Å². The predicted octanol–water partition coefficient (Wildman–Crippen LogP) is 1.50. The van der Waals surface area contributed by atoms with E-state index in [4.69, 9.17) is 5.73 Å². The Labute approximate surface area is 134 Å². The maximum Gasteiger partial charge on any atom is 0.235 e. The van der Waals surface area contributed by atoms with Crippen molar-refractivity contribution in [1.82, 2.24) is 5.32 Å². The third kappa shape index (κ3) is 8.02. The molecule has 0 aliphatic heterocycles. The Balaban J connectivity index is 0.00000400. The van der Waals surface area contributed by atoms with Gasteiger partial charge in [0.2, 0.25) is 5.91 Å². The van der Waals surface area contributed by atoms with Gasteiger partial charge in [-0.3, -0.25) is 4.79 Å². The Kier molecular flexibility index (Phi) is 9.49. The number of nitrogens with two attached hydrogens (primary N) is 1. The fourth-order valence-corrected chi connectivity index (χ4v) is 4.54. The van der Waals surface area contributed by atoms with Crippen molar-refractivity contribution in [2.45, 2.75) is 52.0 Å². The number of rotatable bonds is 7. The number of halogens is 1. The van der Waals surface area contributed by atoms with E-state index in [1.807, 2.05) is 13.8 Å². The quantitative estimate of drug-likeness (QED) is 0.735. The van der Waals surface area contributed by atoms with E-state index in [1.54, 1.807) is 0 Å². The Hall–Kier alpha value is -0.330. The van der Waals surface area contributed by atoms with Crippen molar-refractivity contribution in [3.63, 3.8) is 0 Å². The molecule has 5 nitrogen and oxygen atoms in total. The van der Waals surface area contributed by atoms with Crippen LogP contribution in [0.15, 0.2) is 0 Å². The van der Waals surface area contributed by atoms with Crippen LogP contribution in [0, 0.1) is 11.8 Å². The smallest absolute Gasteiger partial charge is 0.235 e. The number of sulfone groups is 1. The molecule has 1 unspecified atom stereocenters. The molecule has 21 heavy (non-hydrogen) atoms. The summed E-state index contributed by atoms with van der Waals surface area (Å²) in [6.07, 6.45) is 5.72. The Morgan fingerprint density at radius 1 is 1.24 bits per heavy atom. The zero-order valence-corrected chi connectivity index (χ0v) is 14.6. The van der Waals surface area contributed by atoms with Crippen LogP contribution in [0.25, 0.3) is 0 Å². The Morgan fingerprint density at radius 2 is 1.81 bits per heavy atom. The van der Waals surface area contributed by atoms with Crippen LogP contribution in [0.4, 0.5) is 0 Å². The summed E-state index contributed by atoms with van der Waals surface area (Å²) in [6.45, 7) is 4.04. The third-order valence-corrected chi connectivity index (χ3v) is 5.63. The summed E-state index contributed by atoms with van der Waals surface area (Å²) < 4.78 is 23.6. The molecule has 0 spiro atoms. The first kappa shape index (κ1) is 20.7. The lowest BCUT2D eigenvalue weighted by atomic mass is 9.84. The van der Waals surface area contributed by atoms with Crippen molar-refractivity contribution in [1.29, 1.82) is 0 Å². The predicted molar refractivity (Wildman–Crippen MR) is 88.3 cm³/mol. The summed E-state index contributed by atoms with van der Waals surface area (Å²) >= 11 is 0. The van der Waals surface area contributed by atoms with Gasteiger partial charge in [-0.25, -0.2) is 8.42 Å². The molecular weight excluding hydrogens is 312 g/mol. The minimum Gasteiger partial charge on any atom is -0.351 e. The van der Waals surface area contributed by atoms with Crippen molar-refractivity contribution in [3.05, 3.63) is 0 Å². The summed E-state index contributed by atoms with van der Waals surface area (Å²) in [5.41, 5.74) is 5.73. The topological polar surface area (TPSA) is 89.3 Å². The molecule has 0 aromatic carbocycles. The van der Waals surface area contributed by atoms with E-state index in [2.05, 4.69) is 5.32 Å². The van der Waals surface area contributed by atoms with Gasteiger partial charge in [0.25, 0.3) is 0 Å². The van der Waals surface area contributed by atoms with Gasteiger partial charge in [-0.1, -0.05) is 33.1 Å². The second kappa shape index (κ2) is 9.64. The van der Waals surface area contributed by atoms with Crippen LogP contribution in [0.1, 0.15) is 46.0 Å². The van der Waals surface area contributed by atoms with Crippen LogP contribution in [-0.4, -0.2) is 38.4 Å². The van der Waals surface area contributed by atoms with E-state index in [1.165, 1.54) is 19.3 Å². The fourth-order valence-electron chi connectivity index (χ4n) is 2.92. The standard InChI is InChI=1S/C14H28N2O3S.ClH/c1-11(2)9-20(18,19)10-14(17)16-13(8-15)12-6-4-3-5-7-12;/h11-13H,3-10,15H2,1-2H3,(H,16,17);1H. The van der Waals surface area contributed by atoms with Gasteiger partial charge in [0.1, 0.15) is 5.75 Å². The van der Waals surface area contributed by atoms with Crippen LogP contribution in [0.2, 0.25) is 0 Å². The highest BCUT2D eigenvalue weighted by atomic mass is 35.5. The van der Waals surface area contributed by atoms with E-state index in [0.29, 0.717) is 12.5 Å². The molecule has 1 rings (SSSR count). The minimum absolute atomic E-state index is 0. The number of carbonyl (C=O) groups excluding carboxylic acids is 1. The van der Waals surface area contributed by atoms with E-state index < -0.39 is 21.5 Å². The van der Waals surface area contributed by atoms with Crippen molar-refractivity contribution < 1.29 is 13.2 Å². The lowest BCUT2D eigenvalue weighted by molar-refractivity contribution is -0.119. The van der Waals surface area contributed by atoms with Crippen molar-refractivity contribution in [2.24, 2.45) is 17.6 Å².